The van der Waals surface area contributed by atoms with Crippen LogP contribution in [0.1, 0.15) is 49.3 Å². The topological polar surface area (TPSA) is 113 Å². The smallest absolute Gasteiger partial charge is 0.290 e. The van der Waals surface area contributed by atoms with E-state index in [2.05, 4.69) is 16.0 Å². The summed E-state index contributed by atoms with van der Waals surface area (Å²) in [5.41, 5.74) is 6.42. The summed E-state index contributed by atoms with van der Waals surface area (Å²) in [5.74, 6) is -1.85. The molecule has 1 aromatic heterocycles. The Balaban J connectivity index is 1.48. The highest BCUT2D eigenvalue weighted by Gasteiger charge is 2.35. The van der Waals surface area contributed by atoms with Crippen molar-refractivity contribution in [2.24, 2.45) is 5.92 Å². The van der Waals surface area contributed by atoms with Gasteiger partial charge in [0.05, 0.1) is 17.3 Å². The van der Waals surface area contributed by atoms with Gasteiger partial charge in [-0.1, -0.05) is 37.3 Å². The van der Waals surface area contributed by atoms with Gasteiger partial charge in [0.15, 0.2) is 5.69 Å². The molecular formula is C25H27N5O4. The lowest BCUT2D eigenvalue weighted by atomic mass is 10.1. The van der Waals surface area contributed by atoms with Gasteiger partial charge in [-0.3, -0.25) is 30.0 Å². The van der Waals surface area contributed by atoms with E-state index in [1.165, 1.54) is 4.68 Å². The molecule has 2 N–H and O–H groups in total. The summed E-state index contributed by atoms with van der Waals surface area (Å²) >= 11 is 0. The van der Waals surface area contributed by atoms with Crippen LogP contribution < -0.4 is 21.3 Å². The summed E-state index contributed by atoms with van der Waals surface area (Å²) in [6, 6.07) is 14.1. The normalized spacial score (nSPS) is 15.7. The number of fused-ring (bicyclic) bond motifs is 1. The molecule has 1 aliphatic heterocycles. The van der Waals surface area contributed by atoms with Gasteiger partial charge in [0.1, 0.15) is 0 Å². The Kier molecular flexibility index (Phi) is 6.45. The van der Waals surface area contributed by atoms with Crippen LogP contribution in [0.15, 0.2) is 53.3 Å². The summed E-state index contributed by atoms with van der Waals surface area (Å²) in [7, 11) is 0. The molecule has 0 saturated carbocycles. The Morgan fingerprint density at radius 1 is 1.06 bits per heavy atom. The lowest BCUT2D eigenvalue weighted by Gasteiger charge is -2.18. The van der Waals surface area contributed by atoms with E-state index in [1.54, 1.807) is 43.0 Å². The van der Waals surface area contributed by atoms with E-state index in [0.29, 0.717) is 10.8 Å². The van der Waals surface area contributed by atoms with Crippen LogP contribution in [0, 0.1) is 5.92 Å². The summed E-state index contributed by atoms with van der Waals surface area (Å²) < 4.78 is 1.25. The SMILES string of the molecule is CCc1cccc(N2C[C@@H](C(=O)NNC(=O)c3nn(C(C)C)c(=O)c4ccccc34)CC2=O)c1. The molecule has 0 radical (unpaired) electrons. The number of nitrogens with one attached hydrogen (secondary N) is 2. The highest BCUT2D eigenvalue weighted by atomic mass is 16.2. The van der Waals surface area contributed by atoms with Crippen LogP contribution in [-0.4, -0.2) is 34.0 Å². The first-order valence-corrected chi connectivity index (χ1v) is 11.3. The molecule has 3 amide bonds. The molecule has 3 aromatic rings. The second kappa shape index (κ2) is 9.46. The predicted molar refractivity (Wildman–Crippen MR) is 128 cm³/mol. The van der Waals surface area contributed by atoms with E-state index in [0.717, 1.165) is 17.7 Å². The summed E-state index contributed by atoms with van der Waals surface area (Å²) in [4.78, 5) is 52.4. The van der Waals surface area contributed by atoms with Crippen LogP contribution in [0.4, 0.5) is 5.69 Å². The molecule has 1 atom stereocenters. The highest BCUT2D eigenvalue weighted by molar-refractivity contribution is 6.06. The van der Waals surface area contributed by atoms with E-state index >= 15 is 0 Å². The first-order chi connectivity index (χ1) is 16.3. The van der Waals surface area contributed by atoms with Gasteiger partial charge in [0.2, 0.25) is 11.8 Å². The number of rotatable bonds is 5. The number of anilines is 1. The lowest BCUT2D eigenvalue weighted by Crippen LogP contribution is -2.46. The zero-order chi connectivity index (χ0) is 24.4. The van der Waals surface area contributed by atoms with Crippen molar-refractivity contribution in [2.75, 3.05) is 11.4 Å². The number of benzene rings is 2. The van der Waals surface area contributed by atoms with Crippen molar-refractivity contribution in [1.82, 2.24) is 20.6 Å². The number of aryl methyl sites for hydroxylation is 1. The molecule has 0 unspecified atom stereocenters. The third-order valence-electron chi connectivity index (χ3n) is 5.96. The fourth-order valence-electron chi connectivity index (χ4n) is 4.08. The lowest BCUT2D eigenvalue weighted by molar-refractivity contribution is -0.126. The Morgan fingerprint density at radius 2 is 1.79 bits per heavy atom. The molecule has 1 aliphatic rings. The van der Waals surface area contributed by atoms with Crippen molar-refractivity contribution in [3.63, 3.8) is 0 Å². The molecule has 1 saturated heterocycles. The molecular weight excluding hydrogens is 434 g/mol. The fraction of sp³-hybridized carbons (Fsp3) is 0.320. The molecule has 9 nitrogen and oxygen atoms in total. The number of hydrazine groups is 1. The third kappa shape index (κ3) is 4.41. The summed E-state index contributed by atoms with van der Waals surface area (Å²) in [6.45, 7) is 5.86. The first kappa shape index (κ1) is 23.2. The maximum atomic E-state index is 12.9. The van der Waals surface area contributed by atoms with E-state index in [-0.39, 0.29) is 36.2 Å². The maximum absolute atomic E-state index is 12.9. The number of hydrogen-bond donors (Lipinski definition) is 2. The monoisotopic (exact) mass is 461 g/mol. The minimum absolute atomic E-state index is 0.0321. The quantitative estimate of drug-likeness (QED) is 0.567. The third-order valence-corrected chi connectivity index (χ3v) is 5.96. The average molecular weight is 462 g/mol. The Bertz CT molecular complexity index is 1330. The van der Waals surface area contributed by atoms with Crippen molar-refractivity contribution in [3.8, 4) is 0 Å². The van der Waals surface area contributed by atoms with Crippen molar-refractivity contribution in [3.05, 3.63) is 70.1 Å². The van der Waals surface area contributed by atoms with Crippen molar-refractivity contribution >= 4 is 34.2 Å². The molecule has 176 valence electrons. The van der Waals surface area contributed by atoms with Gasteiger partial charge in [-0.25, -0.2) is 4.68 Å². The molecule has 9 heteroatoms. The number of aromatic nitrogens is 2. The number of nitrogens with zero attached hydrogens (tertiary/aromatic N) is 3. The van der Waals surface area contributed by atoms with Crippen molar-refractivity contribution < 1.29 is 14.4 Å². The van der Waals surface area contributed by atoms with E-state index < -0.39 is 17.7 Å². The zero-order valence-corrected chi connectivity index (χ0v) is 19.4. The maximum Gasteiger partial charge on any atom is 0.290 e. The van der Waals surface area contributed by atoms with Gasteiger partial charge < -0.3 is 4.90 Å². The van der Waals surface area contributed by atoms with Crippen LogP contribution >= 0.6 is 0 Å². The largest absolute Gasteiger partial charge is 0.312 e. The van der Waals surface area contributed by atoms with Crippen LogP contribution in [-0.2, 0) is 16.0 Å². The molecule has 0 spiro atoms. The van der Waals surface area contributed by atoms with Crippen LogP contribution in [0.3, 0.4) is 0 Å². The second-order valence-electron chi connectivity index (χ2n) is 8.61. The van der Waals surface area contributed by atoms with Gasteiger partial charge in [-0.05, 0) is 44.0 Å². The van der Waals surface area contributed by atoms with Crippen molar-refractivity contribution in [1.29, 1.82) is 0 Å². The Morgan fingerprint density at radius 3 is 2.50 bits per heavy atom. The molecule has 2 heterocycles. The summed E-state index contributed by atoms with van der Waals surface area (Å²) in [5, 5.41) is 5.00. The molecule has 4 rings (SSSR count). The summed E-state index contributed by atoms with van der Waals surface area (Å²) in [6.07, 6.45) is 0.899. The van der Waals surface area contributed by atoms with Gasteiger partial charge in [0.25, 0.3) is 11.5 Å². The molecule has 0 aliphatic carbocycles. The molecule has 2 aromatic carbocycles. The fourth-order valence-corrected chi connectivity index (χ4v) is 4.08. The van der Waals surface area contributed by atoms with Crippen molar-refractivity contribution in [2.45, 2.75) is 39.7 Å². The Hall–Kier alpha value is -4.01. The van der Waals surface area contributed by atoms with Gasteiger partial charge in [0, 0.05) is 24.0 Å². The van der Waals surface area contributed by atoms with Gasteiger partial charge >= 0.3 is 0 Å². The predicted octanol–water partition coefficient (Wildman–Crippen LogP) is 2.35. The number of carbonyl (C=O) groups is 3. The standard InChI is InChI=1S/C25H27N5O4/c1-4-16-8-7-9-18(12-16)29-14-17(13-21(29)31)23(32)26-27-24(33)22-19-10-5-6-11-20(19)25(34)30(28-22)15(2)3/h5-12,15,17H,4,13-14H2,1-3H3,(H,26,32)(H,27,33)/t17-/m0/s1. The average Bonchev–Trinajstić information content (AvgIpc) is 3.24. The second-order valence-corrected chi connectivity index (χ2v) is 8.61. The number of hydrogen-bond acceptors (Lipinski definition) is 5. The van der Waals surface area contributed by atoms with Crippen LogP contribution in [0.5, 0.6) is 0 Å². The van der Waals surface area contributed by atoms with Crippen LogP contribution in [0.25, 0.3) is 10.8 Å². The Labute approximate surface area is 196 Å². The van der Waals surface area contributed by atoms with E-state index in [4.69, 9.17) is 0 Å². The van der Waals surface area contributed by atoms with Gasteiger partial charge in [-0.15, -0.1) is 0 Å². The highest BCUT2D eigenvalue weighted by Crippen LogP contribution is 2.26. The van der Waals surface area contributed by atoms with E-state index in [9.17, 15) is 19.2 Å². The van der Waals surface area contributed by atoms with Gasteiger partial charge in [-0.2, -0.15) is 5.10 Å². The molecule has 0 bridgehead atoms. The minimum Gasteiger partial charge on any atom is -0.312 e. The molecule has 34 heavy (non-hydrogen) atoms. The van der Waals surface area contributed by atoms with E-state index in [1.807, 2.05) is 31.2 Å². The minimum atomic E-state index is -0.643. The number of amides is 3. The van der Waals surface area contributed by atoms with Crippen LogP contribution in [0.2, 0.25) is 0 Å². The zero-order valence-electron chi connectivity index (χ0n) is 19.4. The first-order valence-electron chi connectivity index (χ1n) is 11.3. The number of carbonyl (C=O) groups excluding carboxylic acids is 3. The molecule has 1 fully saturated rings.